The number of aromatic nitrogens is 2. The first kappa shape index (κ1) is 7.23. The number of rotatable bonds is 0. The second kappa shape index (κ2) is 2.28. The molecule has 0 N–H and O–H groups in total. The normalized spacial score (nSPS) is 12.0. The van der Waals surface area contributed by atoms with Gasteiger partial charge in [-0.15, -0.1) is 0 Å². The van der Waals surface area contributed by atoms with Crippen LogP contribution >= 0.6 is 0 Å². The van der Waals surface area contributed by atoms with Crippen molar-refractivity contribution >= 4 is 27.2 Å². The van der Waals surface area contributed by atoms with Gasteiger partial charge in [-0.3, -0.25) is 0 Å². The summed E-state index contributed by atoms with van der Waals surface area (Å²) < 4.78 is 2.08. The summed E-state index contributed by atoms with van der Waals surface area (Å²) in [6.07, 6.45) is 5.97. The van der Waals surface area contributed by atoms with E-state index >= 15 is 0 Å². The molecule has 0 aliphatic carbocycles. The molecule has 15 heavy (non-hydrogen) atoms. The highest BCUT2D eigenvalue weighted by molar-refractivity contribution is 6.15. The summed E-state index contributed by atoms with van der Waals surface area (Å²) in [5.74, 6) is 0. The molecule has 2 nitrogen and oxygen atoms in total. The fourth-order valence-corrected chi connectivity index (χ4v) is 2.36. The van der Waals surface area contributed by atoms with Crippen LogP contribution in [-0.4, -0.2) is 9.38 Å². The van der Waals surface area contributed by atoms with E-state index in [2.05, 4.69) is 45.9 Å². The third-order valence-electron chi connectivity index (χ3n) is 3.02. The first-order valence-electron chi connectivity index (χ1n) is 5.00. The maximum atomic E-state index is 4.39. The van der Waals surface area contributed by atoms with Crippen LogP contribution in [0.4, 0.5) is 0 Å². The lowest BCUT2D eigenvalue weighted by atomic mass is 10.1. The van der Waals surface area contributed by atoms with Gasteiger partial charge in [0.15, 0.2) is 0 Å². The number of benzene rings is 1. The van der Waals surface area contributed by atoms with E-state index in [1.54, 1.807) is 0 Å². The number of pyridine rings is 1. The summed E-state index contributed by atoms with van der Waals surface area (Å²) in [6.45, 7) is 0. The second-order valence-corrected chi connectivity index (χ2v) is 3.85. The van der Waals surface area contributed by atoms with E-state index in [9.17, 15) is 0 Å². The minimum atomic E-state index is 1.04. The third-order valence-corrected chi connectivity index (χ3v) is 3.02. The van der Waals surface area contributed by atoms with Crippen molar-refractivity contribution in [2.24, 2.45) is 0 Å². The van der Waals surface area contributed by atoms with E-state index in [1.807, 2.05) is 12.4 Å². The summed E-state index contributed by atoms with van der Waals surface area (Å²) in [4.78, 5) is 4.39. The molecule has 4 rings (SSSR count). The zero-order chi connectivity index (χ0) is 9.83. The van der Waals surface area contributed by atoms with Crippen molar-refractivity contribution in [2.45, 2.75) is 0 Å². The number of nitrogens with zero attached hydrogens (tertiary/aromatic N) is 2. The van der Waals surface area contributed by atoms with Crippen LogP contribution in [0.25, 0.3) is 27.2 Å². The maximum Gasteiger partial charge on any atom is 0.144 e. The van der Waals surface area contributed by atoms with Gasteiger partial charge in [0.05, 0.1) is 0 Å². The molecule has 2 heterocycles. The average molecular weight is 192 g/mol. The summed E-state index contributed by atoms with van der Waals surface area (Å²) in [5.41, 5.74) is 1.04. The van der Waals surface area contributed by atoms with Crippen molar-refractivity contribution < 1.29 is 0 Å². The molecule has 0 saturated carbocycles. The molecule has 0 unspecified atom stereocenters. The highest BCUT2D eigenvalue weighted by Crippen LogP contribution is 2.30. The van der Waals surface area contributed by atoms with Crippen LogP contribution in [0, 0.1) is 0 Å². The van der Waals surface area contributed by atoms with Crippen molar-refractivity contribution in [3.8, 4) is 0 Å². The predicted octanol–water partition coefficient (Wildman–Crippen LogP) is 3.08. The zero-order valence-corrected chi connectivity index (χ0v) is 8.01. The van der Waals surface area contributed by atoms with Gasteiger partial charge in [0.2, 0.25) is 0 Å². The van der Waals surface area contributed by atoms with E-state index in [0.717, 1.165) is 5.65 Å². The monoisotopic (exact) mass is 192 g/mol. The smallest absolute Gasteiger partial charge is 0.144 e. The Morgan fingerprint density at radius 2 is 1.93 bits per heavy atom. The highest BCUT2D eigenvalue weighted by atomic mass is 15.0. The number of hydrogen-bond donors (Lipinski definition) is 0. The van der Waals surface area contributed by atoms with E-state index in [4.69, 9.17) is 0 Å². The van der Waals surface area contributed by atoms with Crippen molar-refractivity contribution in [3.63, 3.8) is 0 Å². The molecule has 4 aromatic rings. The summed E-state index contributed by atoms with van der Waals surface area (Å²) >= 11 is 0. The standard InChI is InChI=1S/C13H8N2/c1-2-9-4-5-10-8-15-7-6-14-13(15)11(3-1)12(9)10/h1-8H. The average Bonchev–Trinajstić information content (AvgIpc) is 2.87. The van der Waals surface area contributed by atoms with Crippen LogP contribution in [0.3, 0.4) is 0 Å². The summed E-state index contributed by atoms with van der Waals surface area (Å²) in [5, 5.41) is 5.15. The predicted molar refractivity (Wildman–Crippen MR) is 61.4 cm³/mol. The van der Waals surface area contributed by atoms with Crippen LogP contribution in [0.2, 0.25) is 0 Å². The van der Waals surface area contributed by atoms with Gasteiger partial charge in [0.1, 0.15) is 5.65 Å². The third kappa shape index (κ3) is 0.773. The van der Waals surface area contributed by atoms with Gasteiger partial charge in [0.25, 0.3) is 0 Å². The Morgan fingerprint density at radius 3 is 2.93 bits per heavy atom. The van der Waals surface area contributed by atoms with Gasteiger partial charge in [-0.1, -0.05) is 30.3 Å². The molecular formula is C13H8N2. The van der Waals surface area contributed by atoms with Gasteiger partial charge in [-0.05, 0) is 10.8 Å². The molecule has 2 aromatic carbocycles. The minimum absolute atomic E-state index is 1.04. The molecule has 0 bridgehead atoms. The minimum Gasteiger partial charge on any atom is -0.306 e. The number of fused-ring (bicyclic) bond motifs is 2. The van der Waals surface area contributed by atoms with E-state index < -0.39 is 0 Å². The maximum absolute atomic E-state index is 4.39. The topological polar surface area (TPSA) is 17.3 Å². The van der Waals surface area contributed by atoms with Crippen LogP contribution < -0.4 is 0 Å². The van der Waals surface area contributed by atoms with Crippen molar-refractivity contribution in [1.29, 1.82) is 0 Å². The SMILES string of the molecule is c1cc2ccc3cn4ccnc4c(c1)c23. The zero-order valence-electron chi connectivity index (χ0n) is 8.01. The van der Waals surface area contributed by atoms with Crippen LogP contribution in [0.15, 0.2) is 48.9 Å². The van der Waals surface area contributed by atoms with Gasteiger partial charge in [-0.25, -0.2) is 4.98 Å². The van der Waals surface area contributed by atoms with Gasteiger partial charge >= 0.3 is 0 Å². The summed E-state index contributed by atoms with van der Waals surface area (Å²) in [7, 11) is 0. The Labute approximate surface area is 86.1 Å². The highest BCUT2D eigenvalue weighted by Gasteiger charge is 2.07. The van der Waals surface area contributed by atoms with Gasteiger partial charge < -0.3 is 4.40 Å². The number of hydrogen-bond acceptors (Lipinski definition) is 1. The second-order valence-electron chi connectivity index (χ2n) is 3.85. The van der Waals surface area contributed by atoms with Crippen molar-refractivity contribution in [1.82, 2.24) is 9.38 Å². The Hall–Kier alpha value is -2.09. The van der Waals surface area contributed by atoms with Crippen LogP contribution in [0.5, 0.6) is 0 Å². The molecule has 0 amide bonds. The molecule has 0 atom stereocenters. The molecule has 0 saturated heterocycles. The molecule has 70 valence electrons. The van der Waals surface area contributed by atoms with E-state index in [-0.39, 0.29) is 0 Å². The van der Waals surface area contributed by atoms with Crippen LogP contribution in [0.1, 0.15) is 0 Å². The molecular weight excluding hydrogens is 184 g/mol. The first-order chi connectivity index (χ1) is 7.43. The van der Waals surface area contributed by atoms with Gasteiger partial charge in [0, 0.05) is 29.4 Å². The lowest BCUT2D eigenvalue weighted by molar-refractivity contribution is 1.22. The fourth-order valence-electron chi connectivity index (χ4n) is 2.36. The molecule has 2 aromatic heterocycles. The molecule has 0 fully saturated rings. The lowest BCUT2D eigenvalue weighted by Gasteiger charge is -2.01. The Morgan fingerprint density at radius 1 is 1.00 bits per heavy atom. The molecule has 2 heteroatoms. The number of imidazole rings is 1. The molecule has 0 spiro atoms. The Balaban J connectivity index is 2.51. The fraction of sp³-hybridized carbons (Fsp3) is 0. The molecule has 0 radical (unpaired) electrons. The van der Waals surface area contributed by atoms with E-state index in [0.29, 0.717) is 0 Å². The molecule has 0 aliphatic heterocycles. The van der Waals surface area contributed by atoms with Crippen molar-refractivity contribution in [3.05, 3.63) is 48.9 Å². The largest absolute Gasteiger partial charge is 0.306 e. The molecule has 0 aliphatic rings. The quantitative estimate of drug-likeness (QED) is 0.418. The lowest BCUT2D eigenvalue weighted by Crippen LogP contribution is -1.84. The first-order valence-corrected chi connectivity index (χ1v) is 5.00. The van der Waals surface area contributed by atoms with E-state index in [1.165, 1.54) is 21.5 Å². The Kier molecular flexibility index (Phi) is 1.10. The van der Waals surface area contributed by atoms with Gasteiger partial charge in [-0.2, -0.15) is 0 Å². The van der Waals surface area contributed by atoms with Crippen LogP contribution in [-0.2, 0) is 0 Å². The summed E-state index contributed by atoms with van der Waals surface area (Å²) in [6, 6.07) is 10.7. The van der Waals surface area contributed by atoms with Crippen molar-refractivity contribution in [2.75, 3.05) is 0 Å². The Bertz CT molecular complexity index is 767.